The third kappa shape index (κ3) is 6.38. The van der Waals surface area contributed by atoms with Gasteiger partial charge in [-0.2, -0.15) is 11.8 Å². The van der Waals surface area contributed by atoms with Crippen LogP contribution in [0.3, 0.4) is 0 Å². The average molecular weight is 546 g/mol. The van der Waals surface area contributed by atoms with Crippen molar-refractivity contribution in [3.05, 3.63) is 17.5 Å². The molecule has 0 saturated carbocycles. The predicted octanol–water partition coefficient (Wildman–Crippen LogP) is 1.44. The van der Waals surface area contributed by atoms with Crippen molar-refractivity contribution in [3.63, 3.8) is 0 Å². The molecule has 0 unspecified atom stereocenters. The molecule has 27 heavy (non-hydrogen) atoms. The van der Waals surface area contributed by atoms with Gasteiger partial charge in [-0.1, -0.05) is 0 Å². The second kappa shape index (κ2) is 11.1. The van der Waals surface area contributed by atoms with E-state index in [-0.39, 0.29) is 29.7 Å². The number of guanidine groups is 1. The summed E-state index contributed by atoms with van der Waals surface area (Å²) in [4.78, 5) is 8.92. The van der Waals surface area contributed by atoms with E-state index in [1.807, 2.05) is 11.8 Å². The van der Waals surface area contributed by atoms with Gasteiger partial charge < -0.3 is 15.1 Å². The third-order valence-corrected chi connectivity index (χ3v) is 8.36. The maximum atomic E-state index is 12.4. The fourth-order valence-corrected chi connectivity index (χ4v) is 6.44. The normalized spacial score (nSPS) is 19.7. The quantitative estimate of drug-likeness (QED) is 0.343. The number of nitrogens with zero attached hydrogens (tertiary/aromatic N) is 4. The topological polar surface area (TPSA) is 68.2 Å². The number of sulfonamides is 1. The zero-order valence-electron chi connectivity index (χ0n) is 15.5. The van der Waals surface area contributed by atoms with Gasteiger partial charge in [0.15, 0.2) is 5.96 Å². The molecule has 0 amide bonds. The monoisotopic (exact) mass is 545 g/mol. The molecular weight excluding hydrogens is 517 g/mol. The highest BCUT2D eigenvalue weighted by Gasteiger charge is 2.25. The number of thioether (sulfide) groups is 1. The first-order valence-electron chi connectivity index (χ1n) is 8.90. The fourth-order valence-electron chi connectivity index (χ4n) is 3.17. The molecule has 0 spiro atoms. The third-order valence-electron chi connectivity index (χ3n) is 4.62. The van der Waals surface area contributed by atoms with Crippen LogP contribution in [-0.4, -0.2) is 93.7 Å². The Hall–Kier alpha value is -0.240. The van der Waals surface area contributed by atoms with Gasteiger partial charge >= 0.3 is 0 Å². The van der Waals surface area contributed by atoms with Crippen molar-refractivity contribution in [1.29, 1.82) is 0 Å². The van der Waals surface area contributed by atoms with E-state index in [0.717, 1.165) is 43.6 Å². The number of hydrogen-bond acceptors (Lipinski definition) is 6. The van der Waals surface area contributed by atoms with Crippen LogP contribution in [0.1, 0.15) is 0 Å². The Morgan fingerprint density at radius 3 is 2.48 bits per heavy atom. The van der Waals surface area contributed by atoms with Gasteiger partial charge in [0.25, 0.3) is 0 Å². The van der Waals surface area contributed by atoms with E-state index in [0.29, 0.717) is 19.6 Å². The number of hydrogen-bond donors (Lipinski definition) is 1. The molecule has 0 aliphatic carbocycles. The summed E-state index contributed by atoms with van der Waals surface area (Å²) in [7, 11) is -1.42. The second-order valence-corrected chi connectivity index (χ2v) is 10.5. The SMILES string of the molecule is CN=C(NCCS(=O)(=O)N1CCSCC1)N1CCN(c2cccs2)CC1.I. The Morgan fingerprint density at radius 1 is 1.19 bits per heavy atom. The highest BCUT2D eigenvalue weighted by molar-refractivity contribution is 14.0. The predicted molar refractivity (Wildman–Crippen MR) is 128 cm³/mol. The van der Waals surface area contributed by atoms with Gasteiger partial charge in [-0.15, -0.1) is 35.3 Å². The maximum absolute atomic E-state index is 12.4. The van der Waals surface area contributed by atoms with E-state index in [2.05, 4.69) is 37.6 Å². The van der Waals surface area contributed by atoms with Gasteiger partial charge in [0.05, 0.1) is 10.8 Å². The molecule has 7 nitrogen and oxygen atoms in total. The van der Waals surface area contributed by atoms with E-state index >= 15 is 0 Å². The number of thiophene rings is 1. The minimum absolute atomic E-state index is 0. The Kier molecular flexibility index (Phi) is 9.45. The Labute approximate surface area is 187 Å². The Bertz CT molecular complexity index is 685. The molecule has 0 radical (unpaired) electrons. The standard InChI is InChI=1S/C16H27N5O2S3.HI/c1-17-16(18-4-14-26(22,23)21-9-12-24-13-10-21)20-7-5-19(6-8-20)15-3-2-11-25-15;/h2-3,11H,4-10,12-14H2,1H3,(H,17,18);1H. The van der Waals surface area contributed by atoms with Crippen molar-refractivity contribution in [2.75, 3.05) is 75.0 Å². The summed E-state index contributed by atoms with van der Waals surface area (Å²) in [5, 5.41) is 6.64. The van der Waals surface area contributed by atoms with Crippen molar-refractivity contribution in [2.24, 2.45) is 4.99 Å². The smallest absolute Gasteiger partial charge is 0.215 e. The van der Waals surface area contributed by atoms with E-state index in [1.165, 1.54) is 5.00 Å². The summed E-state index contributed by atoms with van der Waals surface area (Å²) in [6.45, 7) is 5.32. The summed E-state index contributed by atoms with van der Waals surface area (Å²) >= 11 is 3.58. The van der Waals surface area contributed by atoms with E-state index < -0.39 is 10.0 Å². The molecule has 0 aromatic carbocycles. The lowest BCUT2D eigenvalue weighted by Gasteiger charge is -2.37. The van der Waals surface area contributed by atoms with Crippen LogP contribution >= 0.6 is 47.1 Å². The first-order chi connectivity index (χ1) is 12.6. The summed E-state index contributed by atoms with van der Waals surface area (Å²) in [6.07, 6.45) is 0. The lowest BCUT2D eigenvalue weighted by molar-refractivity contribution is 0.374. The number of rotatable bonds is 5. The van der Waals surface area contributed by atoms with Crippen LogP contribution in [0.2, 0.25) is 0 Å². The summed E-state index contributed by atoms with van der Waals surface area (Å²) < 4.78 is 26.5. The molecule has 154 valence electrons. The lowest BCUT2D eigenvalue weighted by Crippen LogP contribution is -2.53. The van der Waals surface area contributed by atoms with E-state index in [1.54, 1.807) is 22.7 Å². The number of piperazine rings is 1. The molecule has 0 bridgehead atoms. The summed E-state index contributed by atoms with van der Waals surface area (Å²) in [5.41, 5.74) is 0. The van der Waals surface area contributed by atoms with Crippen LogP contribution in [-0.2, 0) is 10.0 Å². The van der Waals surface area contributed by atoms with Gasteiger partial charge in [-0.3, -0.25) is 4.99 Å². The molecule has 1 aromatic rings. The zero-order valence-corrected chi connectivity index (χ0v) is 20.3. The van der Waals surface area contributed by atoms with Crippen LogP contribution in [0.5, 0.6) is 0 Å². The van der Waals surface area contributed by atoms with Crippen LogP contribution in [0.4, 0.5) is 5.00 Å². The van der Waals surface area contributed by atoms with E-state index in [4.69, 9.17) is 0 Å². The second-order valence-electron chi connectivity index (χ2n) is 6.23. The summed E-state index contributed by atoms with van der Waals surface area (Å²) in [6, 6.07) is 4.23. The van der Waals surface area contributed by atoms with Gasteiger partial charge in [0, 0.05) is 64.4 Å². The molecule has 2 aliphatic rings. The molecule has 11 heteroatoms. The number of aliphatic imine (C=N–C) groups is 1. The number of halogens is 1. The van der Waals surface area contributed by atoms with Crippen molar-refractivity contribution >= 4 is 68.1 Å². The molecule has 1 aromatic heterocycles. The Balaban J connectivity index is 0.00000261. The lowest BCUT2D eigenvalue weighted by atomic mass is 10.3. The van der Waals surface area contributed by atoms with Gasteiger partial charge in [-0.25, -0.2) is 12.7 Å². The molecular formula is C16H28IN5O2S3. The molecule has 3 heterocycles. The average Bonchev–Trinajstić information content (AvgIpc) is 3.21. The van der Waals surface area contributed by atoms with Crippen LogP contribution < -0.4 is 10.2 Å². The molecule has 2 saturated heterocycles. The Morgan fingerprint density at radius 2 is 1.89 bits per heavy atom. The number of anilines is 1. The van der Waals surface area contributed by atoms with Gasteiger partial charge in [-0.05, 0) is 17.5 Å². The summed E-state index contributed by atoms with van der Waals surface area (Å²) in [5.74, 6) is 2.69. The minimum atomic E-state index is -3.18. The minimum Gasteiger partial charge on any atom is -0.360 e. The highest BCUT2D eigenvalue weighted by atomic mass is 127. The molecule has 0 atom stereocenters. The molecule has 2 aliphatic heterocycles. The first kappa shape index (κ1) is 23.0. The first-order valence-corrected chi connectivity index (χ1v) is 12.5. The fraction of sp³-hybridized carbons (Fsp3) is 0.688. The molecule has 3 rings (SSSR count). The molecule has 1 N–H and O–H groups in total. The largest absolute Gasteiger partial charge is 0.360 e. The number of nitrogens with one attached hydrogen (secondary N) is 1. The van der Waals surface area contributed by atoms with Gasteiger partial charge in [0.2, 0.25) is 10.0 Å². The highest BCUT2D eigenvalue weighted by Crippen LogP contribution is 2.22. The zero-order chi connectivity index (χ0) is 18.4. The van der Waals surface area contributed by atoms with Crippen molar-refractivity contribution < 1.29 is 8.42 Å². The van der Waals surface area contributed by atoms with E-state index in [9.17, 15) is 8.42 Å². The van der Waals surface area contributed by atoms with Crippen LogP contribution in [0.25, 0.3) is 0 Å². The van der Waals surface area contributed by atoms with Crippen molar-refractivity contribution in [1.82, 2.24) is 14.5 Å². The van der Waals surface area contributed by atoms with Crippen molar-refractivity contribution in [3.8, 4) is 0 Å². The maximum Gasteiger partial charge on any atom is 0.215 e. The molecule has 2 fully saturated rings. The van der Waals surface area contributed by atoms with Crippen molar-refractivity contribution in [2.45, 2.75) is 0 Å². The van der Waals surface area contributed by atoms with Gasteiger partial charge in [0.1, 0.15) is 0 Å². The van der Waals surface area contributed by atoms with Crippen LogP contribution in [0.15, 0.2) is 22.5 Å². The van der Waals surface area contributed by atoms with Crippen LogP contribution in [0, 0.1) is 0 Å².